The highest BCUT2D eigenvalue weighted by molar-refractivity contribution is 4.92. The van der Waals surface area contributed by atoms with E-state index in [9.17, 15) is 0 Å². The molecule has 1 heteroatoms. The Morgan fingerprint density at radius 1 is 1.23 bits per heavy atom. The molecular weight excluding hydrogens is 160 g/mol. The predicted octanol–water partition coefficient (Wildman–Crippen LogP) is 3.67. The fourth-order valence-corrected chi connectivity index (χ4v) is 2.94. The molecule has 1 nitrogen and oxygen atoms in total. The van der Waals surface area contributed by atoms with E-state index in [1.54, 1.807) is 0 Å². The fraction of sp³-hybridized carbons (Fsp3) is 1.00. The minimum Gasteiger partial charge on any atom is -0.372 e. The fourth-order valence-electron chi connectivity index (χ4n) is 2.94. The molecule has 2 fully saturated rings. The van der Waals surface area contributed by atoms with Crippen LogP contribution < -0.4 is 0 Å². The molecule has 0 spiro atoms. The Kier molecular flexibility index (Phi) is 2.92. The van der Waals surface area contributed by atoms with Crippen LogP contribution in [0.3, 0.4) is 0 Å². The van der Waals surface area contributed by atoms with Gasteiger partial charge in [-0.15, -0.1) is 0 Å². The van der Waals surface area contributed by atoms with Crippen molar-refractivity contribution in [3.8, 4) is 0 Å². The van der Waals surface area contributed by atoms with Gasteiger partial charge in [-0.2, -0.15) is 0 Å². The molecule has 0 saturated carbocycles. The molecule has 0 aromatic rings. The van der Waals surface area contributed by atoms with Crippen LogP contribution in [0.4, 0.5) is 0 Å². The smallest absolute Gasteiger partial charge is 0.0687 e. The van der Waals surface area contributed by atoms with Crippen LogP contribution in [-0.2, 0) is 4.74 Å². The second kappa shape index (κ2) is 4.00. The maximum Gasteiger partial charge on any atom is 0.0687 e. The van der Waals surface area contributed by atoms with Gasteiger partial charge in [-0.1, -0.05) is 26.2 Å². The second-order valence-corrected chi connectivity index (χ2v) is 4.81. The number of hydrogen-bond acceptors (Lipinski definition) is 1. The molecule has 2 rings (SSSR count). The van der Waals surface area contributed by atoms with E-state index < -0.39 is 0 Å². The Labute approximate surface area is 81.9 Å². The van der Waals surface area contributed by atoms with Crippen molar-refractivity contribution in [1.82, 2.24) is 0 Å². The zero-order valence-corrected chi connectivity index (χ0v) is 8.85. The van der Waals surface area contributed by atoms with Crippen molar-refractivity contribution < 1.29 is 4.74 Å². The molecule has 13 heavy (non-hydrogen) atoms. The van der Waals surface area contributed by atoms with Crippen molar-refractivity contribution in [2.75, 3.05) is 0 Å². The number of hydrogen-bond donors (Lipinski definition) is 0. The van der Waals surface area contributed by atoms with Crippen molar-refractivity contribution in [3.63, 3.8) is 0 Å². The van der Waals surface area contributed by atoms with Crippen LogP contribution in [-0.4, -0.2) is 11.7 Å². The number of rotatable bonds is 4. The maximum absolute atomic E-state index is 6.13. The molecule has 0 aromatic carbocycles. The summed E-state index contributed by atoms with van der Waals surface area (Å²) in [6.07, 6.45) is 12.8. The lowest BCUT2D eigenvalue weighted by atomic mass is 9.89. The van der Waals surface area contributed by atoms with Crippen molar-refractivity contribution in [3.05, 3.63) is 0 Å². The summed E-state index contributed by atoms with van der Waals surface area (Å²) in [5, 5.41) is 0. The van der Waals surface area contributed by atoms with Crippen molar-refractivity contribution in [2.24, 2.45) is 0 Å². The molecular formula is C12H22O. The van der Waals surface area contributed by atoms with Crippen molar-refractivity contribution in [2.45, 2.75) is 76.4 Å². The summed E-state index contributed by atoms with van der Waals surface area (Å²) in [7, 11) is 0. The topological polar surface area (TPSA) is 9.23 Å². The third-order valence-electron chi connectivity index (χ3n) is 3.73. The monoisotopic (exact) mass is 182 g/mol. The van der Waals surface area contributed by atoms with E-state index in [0.29, 0.717) is 11.7 Å². The second-order valence-electron chi connectivity index (χ2n) is 4.81. The molecule has 2 heterocycles. The Bertz CT molecular complexity index is 163. The van der Waals surface area contributed by atoms with Gasteiger partial charge in [0.05, 0.1) is 11.7 Å². The molecule has 2 aliphatic heterocycles. The third kappa shape index (κ3) is 2.07. The minimum absolute atomic E-state index is 0.345. The van der Waals surface area contributed by atoms with E-state index in [-0.39, 0.29) is 0 Å². The predicted molar refractivity (Wildman–Crippen MR) is 54.8 cm³/mol. The van der Waals surface area contributed by atoms with Gasteiger partial charge in [0, 0.05) is 0 Å². The molecule has 0 amide bonds. The van der Waals surface area contributed by atoms with Gasteiger partial charge in [0.15, 0.2) is 0 Å². The molecule has 2 atom stereocenters. The zero-order valence-electron chi connectivity index (χ0n) is 8.85. The van der Waals surface area contributed by atoms with E-state index in [4.69, 9.17) is 4.74 Å². The van der Waals surface area contributed by atoms with Crippen LogP contribution in [0.25, 0.3) is 0 Å². The molecule has 0 N–H and O–H groups in total. The third-order valence-corrected chi connectivity index (χ3v) is 3.73. The average molecular weight is 182 g/mol. The SMILES string of the molecule is CCCCCC12CCCC(CC1)O2. The molecule has 2 saturated heterocycles. The first-order valence-electron chi connectivity index (χ1n) is 6.02. The summed E-state index contributed by atoms with van der Waals surface area (Å²) in [6.45, 7) is 2.27. The van der Waals surface area contributed by atoms with E-state index in [1.165, 1.54) is 57.8 Å². The Balaban J connectivity index is 1.82. The minimum atomic E-state index is 0.345. The molecule has 0 aliphatic carbocycles. The molecule has 0 radical (unpaired) electrons. The zero-order chi connectivity index (χ0) is 9.15. The lowest BCUT2D eigenvalue weighted by Gasteiger charge is -2.33. The highest BCUT2D eigenvalue weighted by atomic mass is 16.5. The van der Waals surface area contributed by atoms with Crippen LogP contribution >= 0.6 is 0 Å². The summed E-state index contributed by atoms with van der Waals surface area (Å²) in [4.78, 5) is 0. The quantitative estimate of drug-likeness (QED) is 0.603. The summed E-state index contributed by atoms with van der Waals surface area (Å²) in [5.41, 5.74) is 0.345. The van der Waals surface area contributed by atoms with Gasteiger partial charge < -0.3 is 4.74 Å². The summed E-state index contributed by atoms with van der Waals surface area (Å²) in [5.74, 6) is 0. The standard InChI is InChI=1S/C12H22O/c1-2-3-4-8-12-9-5-6-11(13-12)7-10-12/h11H,2-10H2,1H3. The van der Waals surface area contributed by atoms with Gasteiger partial charge >= 0.3 is 0 Å². The summed E-state index contributed by atoms with van der Waals surface area (Å²) in [6, 6.07) is 0. The lowest BCUT2D eigenvalue weighted by Crippen LogP contribution is -2.32. The number of unbranched alkanes of at least 4 members (excludes halogenated alkanes) is 2. The largest absolute Gasteiger partial charge is 0.372 e. The highest BCUT2D eigenvalue weighted by Gasteiger charge is 2.42. The van der Waals surface area contributed by atoms with Crippen LogP contribution in [0.1, 0.15) is 64.7 Å². The molecule has 2 unspecified atom stereocenters. The summed E-state index contributed by atoms with van der Waals surface area (Å²) < 4.78 is 6.13. The normalized spacial score (nSPS) is 38.1. The highest BCUT2D eigenvalue weighted by Crippen LogP contribution is 2.44. The molecule has 2 aliphatic rings. The average Bonchev–Trinajstić information content (AvgIpc) is 2.43. The van der Waals surface area contributed by atoms with Crippen molar-refractivity contribution in [1.29, 1.82) is 0 Å². The summed E-state index contributed by atoms with van der Waals surface area (Å²) >= 11 is 0. The van der Waals surface area contributed by atoms with Gasteiger partial charge in [0.2, 0.25) is 0 Å². The first-order chi connectivity index (χ1) is 6.35. The Hall–Kier alpha value is -0.0400. The van der Waals surface area contributed by atoms with E-state index >= 15 is 0 Å². The molecule has 76 valence electrons. The Morgan fingerprint density at radius 3 is 3.00 bits per heavy atom. The first-order valence-corrected chi connectivity index (χ1v) is 6.02. The maximum atomic E-state index is 6.13. The van der Waals surface area contributed by atoms with Gasteiger partial charge in [0.25, 0.3) is 0 Å². The number of fused-ring (bicyclic) bond motifs is 2. The van der Waals surface area contributed by atoms with Crippen molar-refractivity contribution >= 4 is 0 Å². The lowest BCUT2D eigenvalue weighted by molar-refractivity contribution is -0.0821. The van der Waals surface area contributed by atoms with Crippen LogP contribution in [0.15, 0.2) is 0 Å². The van der Waals surface area contributed by atoms with Gasteiger partial charge in [0.1, 0.15) is 0 Å². The van der Waals surface area contributed by atoms with E-state index in [2.05, 4.69) is 6.92 Å². The molecule has 0 aromatic heterocycles. The van der Waals surface area contributed by atoms with Gasteiger partial charge in [-0.05, 0) is 38.5 Å². The van der Waals surface area contributed by atoms with Gasteiger partial charge in [-0.25, -0.2) is 0 Å². The van der Waals surface area contributed by atoms with Crippen LogP contribution in [0.5, 0.6) is 0 Å². The van der Waals surface area contributed by atoms with E-state index in [0.717, 1.165) is 0 Å². The first kappa shape index (κ1) is 9.51. The molecule has 2 bridgehead atoms. The Morgan fingerprint density at radius 2 is 2.15 bits per heavy atom. The van der Waals surface area contributed by atoms with Crippen LogP contribution in [0, 0.1) is 0 Å². The number of ether oxygens (including phenoxy) is 1. The van der Waals surface area contributed by atoms with E-state index in [1.807, 2.05) is 0 Å². The van der Waals surface area contributed by atoms with Gasteiger partial charge in [-0.3, -0.25) is 0 Å². The van der Waals surface area contributed by atoms with Crippen LogP contribution in [0.2, 0.25) is 0 Å².